The van der Waals surface area contributed by atoms with Crippen LogP contribution in [-0.4, -0.2) is 37.1 Å². The molecular formula is C10H21N3O. The van der Waals surface area contributed by atoms with E-state index in [1.807, 2.05) is 0 Å². The molecule has 4 nitrogen and oxygen atoms in total. The Balaban J connectivity index is 2.05. The predicted octanol–water partition coefficient (Wildman–Crippen LogP) is 0.919. The van der Waals surface area contributed by atoms with Crippen molar-refractivity contribution in [3.05, 3.63) is 0 Å². The Morgan fingerprint density at radius 1 is 1.57 bits per heavy atom. The molecule has 0 aromatic carbocycles. The lowest BCUT2D eigenvalue weighted by Gasteiger charge is -2.24. The van der Waals surface area contributed by atoms with Crippen molar-refractivity contribution in [3.63, 3.8) is 0 Å². The number of carbonyl (C=O) groups is 1. The molecule has 0 aromatic heterocycles. The molecule has 0 bridgehead atoms. The number of nitrogens with one attached hydrogen (secondary N) is 1. The highest BCUT2D eigenvalue weighted by Crippen LogP contribution is 2.11. The largest absolute Gasteiger partial charge is 0.351 e. The fraction of sp³-hybridized carbons (Fsp3) is 0.900. The second kappa shape index (κ2) is 5.86. The summed E-state index contributed by atoms with van der Waals surface area (Å²) in [5.74, 6) is 0. The van der Waals surface area contributed by atoms with E-state index in [2.05, 4.69) is 5.32 Å². The number of nitrogens with two attached hydrogens (primary N) is 1. The number of primary amides is 1. The molecule has 1 aliphatic heterocycles. The van der Waals surface area contributed by atoms with Crippen molar-refractivity contribution in [3.8, 4) is 0 Å². The Kier molecular flexibility index (Phi) is 4.73. The third-order valence-corrected chi connectivity index (χ3v) is 2.83. The maximum Gasteiger partial charge on any atom is 0.314 e. The first-order chi connectivity index (χ1) is 6.70. The van der Waals surface area contributed by atoms with Gasteiger partial charge in [-0.05, 0) is 32.2 Å². The normalized spacial score (nSPS) is 21.9. The number of nitrogens with zero attached hydrogens (tertiary/aromatic N) is 1. The van der Waals surface area contributed by atoms with Gasteiger partial charge < -0.3 is 16.0 Å². The smallest absolute Gasteiger partial charge is 0.314 e. The Labute approximate surface area is 85.8 Å². The monoisotopic (exact) mass is 199 g/mol. The topological polar surface area (TPSA) is 58.4 Å². The molecule has 0 spiro atoms. The Hall–Kier alpha value is -0.770. The van der Waals surface area contributed by atoms with E-state index in [-0.39, 0.29) is 6.03 Å². The summed E-state index contributed by atoms with van der Waals surface area (Å²) in [5.41, 5.74) is 5.13. The second-order valence-corrected chi connectivity index (χ2v) is 4.05. The van der Waals surface area contributed by atoms with Crippen LogP contribution in [-0.2, 0) is 0 Å². The lowest BCUT2D eigenvalue weighted by atomic mass is 10.0. The fourth-order valence-corrected chi connectivity index (χ4v) is 1.86. The highest BCUT2D eigenvalue weighted by molar-refractivity contribution is 5.71. The third-order valence-electron chi connectivity index (χ3n) is 2.83. The van der Waals surface area contributed by atoms with E-state index < -0.39 is 0 Å². The van der Waals surface area contributed by atoms with Gasteiger partial charge in [0.25, 0.3) is 0 Å². The number of hydrogen-bond acceptors (Lipinski definition) is 2. The van der Waals surface area contributed by atoms with Crippen molar-refractivity contribution >= 4 is 6.03 Å². The van der Waals surface area contributed by atoms with Crippen LogP contribution in [0.1, 0.15) is 32.1 Å². The molecule has 0 aliphatic carbocycles. The van der Waals surface area contributed by atoms with Crippen molar-refractivity contribution < 1.29 is 4.79 Å². The van der Waals surface area contributed by atoms with E-state index in [0.717, 1.165) is 25.9 Å². The molecule has 1 saturated heterocycles. The van der Waals surface area contributed by atoms with Gasteiger partial charge in [-0.15, -0.1) is 0 Å². The van der Waals surface area contributed by atoms with Gasteiger partial charge in [-0.1, -0.05) is 6.42 Å². The number of hydrogen-bond donors (Lipinski definition) is 2. The van der Waals surface area contributed by atoms with E-state index in [9.17, 15) is 4.79 Å². The maximum absolute atomic E-state index is 10.7. The minimum atomic E-state index is -0.332. The van der Waals surface area contributed by atoms with Gasteiger partial charge in [0, 0.05) is 19.6 Å². The van der Waals surface area contributed by atoms with Gasteiger partial charge in [-0.3, -0.25) is 0 Å². The van der Waals surface area contributed by atoms with Gasteiger partial charge in [-0.25, -0.2) is 4.79 Å². The minimum Gasteiger partial charge on any atom is -0.351 e. The van der Waals surface area contributed by atoms with E-state index in [1.165, 1.54) is 19.3 Å². The lowest BCUT2D eigenvalue weighted by Crippen LogP contribution is -2.36. The minimum absolute atomic E-state index is 0.332. The van der Waals surface area contributed by atoms with Crippen LogP contribution in [0.4, 0.5) is 4.79 Å². The van der Waals surface area contributed by atoms with Crippen LogP contribution >= 0.6 is 0 Å². The SMILES string of the molecule is CN(CCCC1CCCCN1)C(N)=O. The molecule has 1 unspecified atom stereocenters. The summed E-state index contributed by atoms with van der Waals surface area (Å²) in [4.78, 5) is 12.3. The molecule has 0 aromatic rings. The van der Waals surface area contributed by atoms with Crippen molar-refractivity contribution in [2.75, 3.05) is 20.1 Å². The molecular weight excluding hydrogens is 178 g/mol. The molecule has 4 heteroatoms. The van der Waals surface area contributed by atoms with Crippen molar-refractivity contribution in [1.29, 1.82) is 0 Å². The van der Waals surface area contributed by atoms with E-state index >= 15 is 0 Å². The van der Waals surface area contributed by atoms with Gasteiger partial charge in [0.05, 0.1) is 0 Å². The maximum atomic E-state index is 10.7. The van der Waals surface area contributed by atoms with Crippen LogP contribution in [0.2, 0.25) is 0 Å². The Morgan fingerprint density at radius 2 is 2.36 bits per heavy atom. The molecule has 1 heterocycles. The molecule has 0 saturated carbocycles. The molecule has 1 aliphatic rings. The summed E-state index contributed by atoms with van der Waals surface area (Å²) < 4.78 is 0. The van der Waals surface area contributed by atoms with E-state index in [4.69, 9.17) is 5.73 Å². The first-order valence-corrected chi connectivity index (χ1v) is 5.44. The number of amides is 2. The number of urea groups is 1. The molecule has 82 valence electrons. The standard InChI is InChI=1S/C10H21N3O/c1-13(10(11)14)8-4-6-9-5-2-3-7-12-9/h9,12H,2-8H2,1H3,(H2,11,14). The van der Waals surface area contributed by atoms with E-state index in [0.29, 0.717) is 6.04 Å². The fourth-order valence-electron chi connectivity index (χ4n) is 1.86. The Morgan fingerprint density at radius 3 is 2.93 bits per heavy atom. The quantitative estimate of drug-likeness (QED) is 0.707. The first kappa shape index (κ1) is 11.3. The number of carbonyl (C=O) groups excluding carboxylic acids is 1. The second-order valence-electron chi connectivity index (χ2n) is 4.05. The summed E-state index contributed by atoms with van der Waals surface area (Å²) in [6.07, 6.45) is 6.11. The molecule has 0 radical (unpaired) electrons. The summed E-state index contributed by atoms with van der Waals surface area (Å²) in [7, 11) is 1.75. The summed E-state index contributed by atoms with van der Waals surface area (Å²) in [6, 6.07) is 0.326. The highest BCUT2D eigenvalue weighted by Gasteiger charge is 2.12. The van der Waals surface area contributed by atoms with Crippen LogP contribution < -0.4 is 11.1 Å². The zero-order valence-corrected chi connectivity index (χ0v) is 8.96. The third kappa shape index (κ3) is 3.96. The summed E-state index contributed by atoms with van der Waals surface area (Å²) in [6.45, 7) is 1.92. The molecule has 1 rings (SSSR count). The molecule has 2 amide bonds. The van der Waals surface area contributed by atoms with Crippen LogP contribution in [0.25, 0.3) is 0 Å². The lowest BCUT2D eigenvalue weighted by molar-refractivity contribution is 0.216. The summed E-state index contributed by atoms with van der Waals surface area (Å²) in [5, 5.41) is 3.49. The molecule has 3 N–H and O–H groups in total. The zero-order valence-electron chi connectivity index (χ0n) is 8.96. The first-order valence-electron chi connectivity index (χ1n) is 5.44. The summed E-state index contributed by atoms with van der Waals surface area (Å²) >= 11 is 0. The van der Waals surface area contributed by atoms with Gasteiger partial charge in [0.15, 0.2) is 0 Å². The van der Waals surface area contributed by atoms with Gasteiger partial charge >= 0.3 is 6.03 Å². The van der Waals surface area contributed by atoms with Gasteiger partial charge in [-0.2, -0.15) is 0 Å². The Bertz CT molecular complexity index is 178. The van der Waals surface area contributed by atoms with Crippen LogP contribution in [0, 0.1) is 0 Å². The van der Waals surface area contributed by atoms with E-state index in [1.54, 1.807) is 11.9 Å². The molecule has 14 heavy (non-hydrogen) atoms. The van der Waals surface area contributed by atoms with Crippen LogP contribution in [0.15, 0.2) is 0 Å². The van der Waals surface area contributed by atoms with Crippen molar-refractivity contribution in [2.24, 2.45) is 5.73 Å². The average Bonchev–Trinajstić information content (AvgIpc) is 2.19. The van der Waals surface area contributed by atoms with Crippen LogP contribution in [0.5, 0.6) is 0 Å². The van der Waals surface area contributed by atoms with Crippen molar-refractivity contribution in [1.82, 2.24) is 10.2 Å². The molecule has 1 fully saturated rings. The van der Waals surface area contributed by atoms with Crippen molar-refractivity contribution in [2.45, 2.75) is 38.1 Å². The number of rotatable bonds is 4. The predicted molar refractivity (Wildman–Crippen MR) is 57.1 cm³/mol. The zero-order chi connectivity index (χ0) is 10.4. The number of piperidine rings is 1. The molecule has 1 atom stereocenters. The van der Waals surface area contributed by atoms with Crippen LogP contribution in [0.3, 0.4) is 0 Å². The van der Waals surface area contributed by atoms with Gasteiger partial charge in [0.1, 0.15) is 0 Å². The average molecular weight is 199 g/mol. The van der Waals surface area contributed by atoms with Gasteiger partial charge in [0.2, 0.25) is 0 Å². The highest BCUT2D eigenvalue weighted by atomic mass is 16.2.